The van der Waals surface area contributed by atoms with Crippen LogP contribution in [-0.4, -0.2) is 39.9 Å². The first kappa shape index (κ1) is 13.6. The van der Waals surface area contributed by atoms with Crippen molar-refractivity contribution in [1.29, 1.82) is 0 Å². The molecular weight excluding hydrogens is 290 g/mol. The average molecular weight is 305 g/mol. The fourth-order valence-corrected chi connectivity index (χ4v) is 2.99. The zero-order valence-corrected chi connectivity index (χ0v) is 12.0. The molecule has 7 nitrogen and oxygen atoms in total. The minimum absolute atomic E-state index is 0.244. The zero-order chi connectivity index (χ0) is 14.8. The van der Waals surface area contributed by atoms with E-state index in [0.717, 1.165) is 11.4 Å². The van der Waals surface area contributed by atoms with Gasteiger partial charge in [-0.05, 0) is 18.6 Å². The molecule has 3 rings (SSSR count). The number of aromatic amines is 1. The number of amides is 3. The SMILES string of the molecule is NC(=O)[C@@H]1CCN(C(=O)Nc2nc(-c3ccc[nH]3)cs2)C1. The molecule has 110 valence electrons. The molecule has 0 spiro atoms. The van der Waals surface area contributed by atoms with Crippen LogP contribution in [0, 0.1) is 5.92 Å². The number of H-pyrrole nitrogens is 1. The van der Waals surface area contributed by atoms with Crippen LogP contribution in [0.2, 0.25) is 0 Å². The second-order valence-corrected chi connectivity index (χ2v) is 5.74. The van der Waals surface area contributed by atoms with Crippen LogP contribution >= 0.6 is 11.3 Å². The van der Waals surface area contributed by atoms with E-state index in [2.05, 4.69) is 15.3 Å². The number of primary amides is 1. The van der Waals surface area contributed by atoms with Crippen molar-refractivity contribution in [2.24, 2.45) is 11.7 Å². The van der Waals surface area contributed by atoms with Gasteiger partial charge in [0.25, 0.3) is 0 Å². The second kappa shape index (κ2) is 5.57. The van der Waals surface area contributed by atoms with E-state index in [1.807, 2.05) is 23.7 Å². The minimum Gasteiger partial charge on any atom is -0.369 e. The zero-order valence-electron chi connectivity index (χ0n) is 11.2. The molecule has 0 unspecified atom stereocenters. The van der Waals surface area contributed by atoms with Crippen molar-refractivity contribution in [3.63, 3.8) is 0 Å². The Hall–Kier alpha value is -2.35. The van der Waals surface area contributed by atoms with Crippen LogP contribution in [0.4, 0.5) is 9.93 Å². The molecule has 1 fully saturated rings. The molecule has 4 N–H and O–H groups in total. The highest BCUT2D eigenvalue weighted by molar-refractivity contribution is 7.14. The Kier molecular flexibility index (Phi) is 3.61. The number of thiazole rings is 1. The lowest BCUT2D eigenvalue weighted by Crippen LogP contribution is -2.34. The maximum absolute atomic E-state index is 12.1. The predicted molar refractivity (Wildman–Crippen MR) is 79.8 cm³/mol. The fourth-order valence-electron chi connectivity index (χ4n) is 2.29. The number of urea groups is 1. The highest BCUT2D eigenvalue weighted by Gasteiger charge is 2.29. The van der Waals surface area contributed by atoms with Gasteiger partial charge in [0.2, 0.25) is 5.91 Å². The van der Waals surface area contributed by atoms with E-state index in [4.69, 9.17) is 5.73 Å². The minimum atomic E-state index is -0.353. The lowest BCUT2D eigenvalue weighted by molar-refractivity contribution is -0.121. The molecule has 0 radical (unpaired) electrons. The van der Waals surface area contributed by atoms with Gasteiger partial charge in [0.05, 0.1) is 17.3 Å². The maximum atomic E-state index is 12.1. The summed E-state index contributed by atoms with van der Waals surface area (Å²) in [4.78, 5) is 32.2. The second-order valence-electron chi connectivity index (χ2n) is 4.89. The van der Waals surface area contributed by atoms with Crippen LogP contribution in [0.1, 0.15) is 6.42 Å². The Morgan fingerprint density at radius 1 is 1.52 bits per heavy atom. The van der Waals surface area contributed by atoms with Crippen LogP contribution < -0.4 is 11.1 Å². The predicted octanol–water partition coefficient (Wildman–Crippen LogP) is 1.48. The van der Waals surface area contributed by atoms with Gasteiger partial charge in [-0.2, -0.15) is 0 Å². The number of anilines is 1. The molecule has 0 aliphatic carbocycles. The largest absolute Gasteiger partial charge is 0.369 e. The van der Waals surface area contributed by atoms with Crippen molar-refractivity contribution in [3.8, 4) is 11.4 Å². The molecule has 0 aromatic carbocycles. The summed E-state index contributed by atoms with van der Waals surface area (Å²) in [6.45, 7) is 0.907. The molecule has 8 heteroatoms. The molecule has 2 aromatic heterocycles. The first-order valence-electron chi connectivity index (χ1n) is 6.58. The third-order valence-electron chi connectivity index (χ3n) is 3.47. The standard InChI is InChI=1S/C13H15N5O2S/c14-11(19)8-3-5-18(6-8)13(20)17-12-16-10(7-21-12)9-2-1-4-15-9/h1-2,4,7-8,15H,3,5-6H2,(H2,14,19)(H,16,17,20)/t8-/m1/s1. The Morgan fingerprint density at radius 3 is 3.05 bits per heavy atom. The summed E-state index contributed by atoms with van der Waals surface area (Å²) in [7, 11) is 0. The van der Waals surface area contributed by atoms with E-state index in [9.17, 15) is 9.59 Å². The third kappa shape index (κ3) is 2.89. The van der Waals surface area contributed by atoms with E-state index >= 15 is 0 Å². The molecule has 0 saturated carbocycles. The summed E-state index contributed by atoms with van der Waals surface area (Å²) in [5, 5.41) is 5.16. The normalized spacial score (nSPS) is 17.9. The smallest absolute Gasteiger partial charge is 0.323 e. The van der Waals surface area contributed by atoms with E-state index in [0.29, 0.717) is 24.6 Å². The quantitative estimate of drug-likeness (QED) is 0.800. The van der Waals surface area contributed by atoms with Crippen molar-refractivity contribution in [2.45, 2.75) is 6.42 Å². The first-order chi connectivity index (χ1) is 10.1. The number of hydrogen-bond acceptors (Lipinski definition) is 4. The van der Waals surface area contributed by atoms with Crippen LogP contribution in [0.5, 0.6) is 0 Å². The summed E-state index contributed by atoms with van der Waals surface area (Å²) < 4.78 is 0. The Bertz CT molecular complexity index is 651. The number of likely N-dealkylation sites (tertiary alicyclic amines) is 1. The number of nitrogens with two attached hydrogens (primary N) is 1. The Balaban J connectivity index is 1.62. The summed E-state index contributed by atoms with van der Waals surface area (Å²) in [6.07, 6.45) is 2.44. The molecule has 3 heterocycles. The van der Waals surface area contributed by atoms with Crippen molar-refractivity contribution >= 4 is 28.4 Å². The number of rotatable bonds is 3. The van der Waals surface area contributed by atoms with Gasteiger partial charge in [-0.25, -0.2) is 9.78 Å². The van der Waals surface area contributed by atoms with Gasteiger partial charge in [0.1, 0.15) is 0 Å². The number of carbonyl (C=O) groups excluding carboxylic acids is 2. The van der Waals surface area contributed by atoms with Crippen molar-refractivity contribution in [1.82, 2.24) is 14.9 Å². The van der Waals surface area contributed by atoms with Gasteiger partial charge in [0, 0.05) is 24.7 Å². The highest BCUT2D eigenvalue weighted by atomic mass is 32.1. The monoisotopic (exact) mass is 305 g/mol. The van der Waals surface area contributed by atoms with E-state index in [1.165, 1.54) is 11.3 Å². The number of nitrogens with zero attached hydrogens (tertiary/aromatic N) is 2. The number of nitrogens with one attached hydrogen (secondary N) is 2. The van der Waals surface area contributed by atoms with Gasteiger partial charge >= 0.3 is 6.03 Å². The number of aromatic nitrogens is 2. The Morgan fingerprint density at radius 2 is 2.38 bits per heavy atom. The number of carbonyl (C=O) groups is 2. The summed E-state index contributed by atoms with van der Waals surface area (Å²) >= 11 is 1.36. The molecular formula is C13H15N5O2S. The molecule has 21 heavy (non-hydrogen) atoms. The van der Waals surface area contributed by atoms with E-state index in [1.54, 1.807) is 4.90 Å². The summed E-state index contributed by atoms with van der Waals surface area (Å²) in [5.41, 5.74) is 6.95. The highest BCUT2D eigenvalue weighted by Crippen LogP contribution is 2.24. The van der Waals surface area contributed by atoms with Gasteiger partial charge in [-0.1, -0.05) is 0 Å². The number of hydrogen-bond donors (Lipinski definition) is 3. The van der Waals surface area contributed by atoms with Crippen LogP contribution in [0.25, 0.3) is 11.4 Å². The summed E-state index contributed by atoms with van der Waals surface area (Å²) in [5.74, 6) is -0.602. The fraction of sp³-hybridized carbons (Fsp3) is 0.308. The molecule has 1 atom stereocenters. The van der Waals surface area contributed by atoms with Gasteiger partial charge in [0.15, 0.2) is 5.13 Å². The van der Waals surface area contributed by atoms with Crippen LogP contribution in [0.3, 0.4) is 0 Å². The van der Waals surface area contributed by atoms with Crippen LogP contribution in [0.15, 0.2) is 23.7 Å². The van der Waals surface area contributed by atoms with E-state index < -0.39 is 0 Å². The molecule has 1 aliphatic rings. The molecule has 1 aliphatic heterocycles. The maximum Gasteiger partial charge on any atom is 0.323 e. The van der Waals surface area contributed by atoms with Crippen molar-refractivity contribution in [3.05, 3.63) is 23.7 Å². The van der Waals surface area contributed by atoms with Crippen molar-refractivity contribution in [2.75, 3.05) is 18.4 Å². The van der Waals surface area contributed by atoms with Crippen molar-refractivity contribution < 1.29 is 9.59 Å². The topological polar surface area (TPSA) is 104 Å². The Labute approximate surface area is 125 Å². The third-order valence-corrected chi connectivity index (χ3v) is 4.23. The lowest BCUT2D eigenvalue weighted by atomic mass is 10.1. The average Bonchev–Trinajstić information content (AvgIpc) is 3.19. The lowest BCUT2D eigenvalue weighted by Gasteiger charge is -2.15. The molecule has 2 aromatic rings. The van der Waals surface area contributed by atoms with E-state index in [-0.39, 0.29) is 17.9 Å². The molecule has 1 saturated heterocycles. The van der Waals surface area contributed by atoms with Gasteiger partial charge < -0.3 is 15.6 Å². The van der Waals surface area contributed by atoms with Gasteiger partial charge in [-0.15, -0.1) is 11.3 Å². The van der Waals surface area contributed by atoms with Gasteiger partial charge in [-0.3, -0.25) is 10.1 Å². The molecule has 0 bridgehead atoms. The molecule has 3 amide bonds. The summed E-state index contributed by atoms with van der Waals surface area (Å²) in [6, 6.07) is 3.56. The first-order valence-corrected chi connectivity index (χ1v) is 7.46. The van der Waals surface area contributed by atoms with Crippen LogP contribution in [-0.2, 0) is 4.79 Å².